The Bertz CT molecular complexity index is 1100. The lowest BCUT2D eigenvalue weighted by Gasteiger charge is -2.24. The predicted octanol–water partition coefficient (Wildman–Crippen LogP) is 3.56. The van der Waals surface area contributed by atoms with E-state index in [9.17, 15) is 12.8 Å². The molecule has 1 fully saturated rings. The van der Waals surface area contributed by atoms with E-state index in [0.717, 1.165) is 17.8 Å². The van der Waals surface area contributed by atoms with Crippen molar-refractivity contribution in [1.82, 2.24) is 19.1 Å². The lowest BCUT2D eigenvalue weighted by atomic mass is 10.2. The molecule has 1 aliphatic rings. The molecule has 0 radical (unpaired) electrons. The molecule has 1 saturated heterocycles. The number of aromatic nitrogens is 3. The molecule has 2 aromatic carbocycles. The molecule has 152 valence electrons. The highest BCUT2D eigenvalue weighted by Gasteiger charge is 2.42. The first kappa shape index (κ1) is 20.4. The van der Waals surface area contributed by atoms with E-state index in [2.05, 4.69) is 22.8 Å². The van der Waals surface area contributed by atoms with Gasteiger partial charge in [0.2, 0.25) is 10.0 Å². The zero-order chi connectivity index (χ0) is 20.6. The summed E-state index contributed by atoms with van der Waals surface area (Å²) in [5.74, 6) is 0.0604. The van der Waals surface area contributed by atoms with Gasteiger partial charge in [-0.05, 0) is 49.1 Å². The SMILES string of the molecule is CSc1nnc([C@@H]2C[C@@H](S)CN2S(=O)(=O)c2ccc(F)cc2)n1-c1ccccc1. The summed E-state index contributed by atoms with van der Waals surface area (Å²) in [7, 11) is -3.85. The second-order valence-electron chi connectivity index (χ2n) is 6.65. The minimum atomic E-state index is -3.85. The van der Waals surface area contributed by atoms with Crippen molar-refractivity contribution in [3.05, 3.63) is 66.2 Å². The van der Waals surface area contributed by atoms with Crippen molar-refractivity contribution in [2.24, 2.45) is 0 Å². The van der Waals surface area contributed by atoms with Crippen LogP contribution in [0.4, 0.5) is 4.39 Å². The maximum atomic E-state index is 13.3. The molecular formula is C19H19FN4O2S3. The average Bonchev–Trinajstić information content (AvgIpc) is 3.32. The van der Waals surface area contributed by atoms with Crippen LogP contribution in [0, 0.1) is 5.82 Å². The normalized spacial score (nSPS) is 20.2. The van der Waals surface area contributed by atoms with Crippen molar-refractivity contribution in [2.75, 3.05) is 12.8 Å². The second kappa shape index (κ2) is 8.10. The molecule has 0 amide bonds. The summed E-state index contributed by atoms with van der Waals surface area (Å²) in [4.78, 5) is 0.0437. The maximum absolute atomic E-state index is 13.3. The molecule has 2 heterocycles. The zero-order valence-electron chi connectivity index (χ0n) is 15.5. The van der Waals surface area contributed by atoms with E-state index < -0.39 is 21.9 Å². The van der Waals surface area contributed by atoms with E-state index in [1.165, 1.54) is 28.2 Å². The van der Waals surface area contributed by atoms with Crippen molar-refractivity contribution in [1.29, 1.82) is 0 Å². The van der Waals surface area contributed by atoms with Gasteiger partial charge in [0, 0.05) is 17.5 Å². The van der Waals surface area contributed by atoms with Gasteiger partial charge in [-0.2, -0.15) is 16.9 Å². The fourth-order valence-corrected chi connectivity index (χ4v) is 6.11. The summed E-state index contributed by atoms with van der Waals surface area (Å²) < 4.78 is 43.2. The summed E-state index contributed by atoms with van der Waals surface area (Å²) in [5.41, 5.74) is 0.860. The number of nitrogens with zero attached hydrogens (tertiary/aromatic N) is 4. The van der Waals surface area contributed by atoms with Crippen molar-refractivity contribution in [2.45, 2.75) is 27.8 Å². The molecular weight excluding hydrogens is 431 g/mol. The molecule has 1 aromatic heterocycles. The minimum Gasteiger partial charge on any atom is -0.273 e. The highest BCUT2D eigenvalue weighted by Crippen LogP contribution is 2.39. The molecule has 0 N–H and O–H groups in total. The summed E-state index contributed by atoms with van der Waals surface area (Å²) in [5, 5.41) is 9.13. The van der Waals surface area contributed by atoms with Crippen LogP contribution in [0.3, 0.4) is 0 Å². The lowest BCUT2D eigenvalue weighted by Crippen LogP contribution is -2.32. The minimum absolute atomic E-state index is 0.0437. The number of halogens is 1. The Morgan fingerprint density at radius 1 is 1.10 bits per heavy atom. The third-order valence-corrected chi connectivity index (χ3v) is 7.70. The van der Waals surface area contributed by atoms with Crippen LogP contribution in [0.25, 0.3) is 5.69 Å². The van der Waals surface area contributed by atoms with E-state index in [4.69, 9.17) is 0 Å². The Morgan fingerprint density at radius 3 is 2.45 bits per heavy atom. The molecule has 10 heteroatoms. The molecule has 2 atom stereocenters. The average molecular weight is 451 g/mol. The molecule has 0 aliphatic carbocycles. The second-order valence-corrected chi connectivity index (χ2v) is 10.0. The van der Waals surface area contributed by atoms with Crippen molar-refractivity contribution >= 4 is 34.4 Å². The molecule has 0 spiro atoms. The predicted molar refractivity (Wildman–Crippen MR) is 114 cm³/mol. The first-order valence-corrected chi connectivity index (χ1v) is 12.1. The van der Waals surface area contributed by atoms with Crippen LogP contribution >= 0.6 is 24.4 Å². The number of rotatable bonds is 5. The number of benzene rings is 2. The van der Waals surface area contributed by atoms with Gasteiger partial charge >= 0.3 is 0 Å². The molecule has 6 nitrogen and oxygen atoms in total. The molecule has 1 aliphatic heterocycles. The van der Waals surface area contributed by atoms with Gasteiger partial charge < -0.3 is 0 Å². The van der Waals surface area contributed by atoms with E-state index in [1.807, 2.05) is 41.2 Å². The maximum Gasteiger partial charge on any atom is 0.243 e. The largest absolute Gasteiger partial charge is 0.273 e. The number of sulfonamides is 1. The van der Waals surface area contributed by atoms with E-state index >= 15 is 0 Å². The monoisotopic (exact) mass is 450 g/mol. The highest BCUT2D eigenvalue weighted by molar-refractivity contribution is 7.98. The summed E-state index contributed by atoms with van der Waals surface area (Å²) in [6.45, 7) is 0.240. The van der Waals surface area contributed by atoms with Crippen LogP contribution in [0.2, 0.25) is 0 Å². The summed E-state index contributed by atoms with van der Waals surface area (Å²) in [6.07, 6.45) is 2.40. The highest BCUT2D eigenvalue weighted by atomic mass is 32.2. The smallest absolute Gasteiger partial charge is 0.243 e. The van der Waals surface area contributed by atoms with Gasteiger partial charge in [0.15, 0.2) is 11.0 Å². The Balaban J connectivity index is 1.80. The number of para-hydroxylation sites is 1. The Morgan fingerprint density at radius 2 is 1.79 bits per heavy atom. The number of thioether (sulfide) groups is 1. The van der Waals surface area contributed by atoms with Crippen molar-refractivity contribution in [3.8, 4) is 5.69 Å². The molecule has 0 bridgehead atoms. The van der Waals surface area contributed by atoms with Crippen LogP contribution < -0.4 is 0 Å². The topological polar surface area (TPSA) is 68.1 Å². The summed E-state index contributed by atoms with van der Waals surface area (Å²) >= 11 is 5.98. The van der Waals surface area contributed by atoms with E-state index in [1.54, 1.807) is 0 Å². The number of hydrogen-bond donors (Lipinski definition) is 1. The fourth-order valence-electron chi connectivity index (χ4n) is 3.48. The van der Waals surface area contributed by atoms with Gasteiger partial charge in [-0.1, -0.05) is 30.0 Å². The Hall–Kier alpha value is -1.88. The Kier molecular flexibility index (Phi) is 5.69. The third kappa shape index (κ3) is 3.81. The van der Waals surface area contributed by atoms with Crippen LogP contribution in [0.1, 0.15) is 18.3 Å². The summed E-state index contributed by atoms with van der Waals surface area (Å²) in [6, 6.07) is 13.9. The van der Waals surface area contributed by atoms with E-state index in [-0.39, 0.29) is 16.7 Å². The fraction of sp³-hybridized carbons (Fsp3) is 0.263. The molecule has 0 unspecified atom stereocenters. The molecule has 29 heavy (non-hydrogen) atoms. The first-order valence-electron chi connectivity index (χ1n) is 8.92. The van der Waals surface area contributed by atoms with Crippen LogP contribution in [-0.4, -0.2) is 45.5 Å². The first-order chi connectivity index (χ1) is 13.9. The van der Waals surface area contributed by atoms with Gasteiger partial charge in [0.25, 0.3) is 0 Å². The lowest BCUT2D eigenvalue weighted by molar-refractivity contribution is 0.379. The molecule has 3 aromatic rings. The molecule has 0 saturated carbocycles. The van der Waals surface area contributed by atoms with Gasteiger partial charge in [-0.3, -0.25) is 4.57 Å². The quantitative estimate of drug-likeness (QED) is 0.476. The number of hydrogen-bond acceptors (Lipinski definition) is 6. The van der Waals surface area contributed by atoms with Gasteiger partial charge in [0.1, 0.15) is 5.82 Å². The van der Waals surface area contributed by atoms with Crippen LogP contribution in [0.5, 0.6) is 0 Å². The van der Waals surface area contributed by atoms with Gasteiger partial charge in [-0.25, -0.2) is 12.8 Å². The number of thiol groups is 1. The van der Waals surface area contributed by atoms with Crippen molar-refractivity contribution < 1.29 is 12.8 Å². The zero-order valence-corrected chi connectivity index (χ0v) is 18.0. The molecule has 4 rings (SSSR count). The Labute approximate surface area is 178 Å². The van der Waals surface area contributed by atoms with Crippen LogP contribution in [0.15, 0.2) is 64.6 Å². The van der Waals surface area contributed by atoms with Crippen LogP contribution in [-0.2, 0) is 10.0 Å². The van der Waals surface area contributed by atoms with Crippen molar-refractivity contribution in [3.63, 3.8) is 0 Å². The third-order valence-electron chi connectivity index (χ3n) is 4.81. The van der Waals surface area contributed by atoms with E-state index in [0.29, 0.717) is 17.4 Å². The van der Waals surface area contributed by atoms with Gasteiger partial charge in [-0.15, -0.1) is 10.2 Å². The van der Waals surface area contributed by atoms with Gasteiger partial charge in [0.05, 0.1) is 10.9 Å². The standard InChI is InChI=1S/C19H19FN4O2S3/c1-28-19-22-21-18(24(19)14-5-3-2-4-6-14)17-11-15(27)12-23(17)29(25,26)16-9-7-13(20)8-10-16/h2-10,15,17,27H,11-12H2,1H3/t15-,17+/m1/s1.